The SMILES string of the molecule is CC=C1NC(=O)C(SSCC(NC(=O)CCC(N)C(=O)O)C(=O)NCC(=O)O)NC(=O)C(C(C)C)NC(=O)CC(C=CCCS)OC(=O)C(C(C)C)NC1=O. The van der Waals surface area contributed by atoms with Crippen LogP contribution in [0.15, 0.2) is 23.9 Å². The second-order valence-electron chi connectivity index (χ2n) is 12.8. The van der Waals surface area contributed by atoms with Gasteiger partial charge in [0.1, 0.15) is 42.5 Å². The number of hydrogen-bond acceptors (Lipinski definition) is 14. The molecule has 6 atom stereocenters. The Morgan fingerprint density at radius 2 is 1.65 bits per heavy atom. The Morgan fingerprint density at radius 1 is 1.00 bits per heavy atom. The summed E-state index contributed by atoms with van der Waals surface area (Å²) in [6.07, 6.45) is 2.89. The third-order valence-electron chi connectivity index (χ3n) is 7.54. The molecule has 0 aromatic carbocycles. The van der Waals surface area contributed by atoms with Gasteiger partial charge in [0.2, 0.25) is 23.6 Å². The van der Waals surface area contributed by atoms with E-state index < -0.39 is 107 Å². The zero-order chi connectivity index (χ0) is 41.8. The van der Waals surface area contributed by atoms with E-state index in [4.69, 9.17) is 20.7 Å². The minimum Gasteiger partial charge on any atom is -0.480 e. The van der Waals surface area contributed by atoms with Crippen molar-refractivity contribution >= 4 is 87.6 Å². The number of hydrogen-bond donors (Lipinski definition) is 10. The van der Waals surface area contributed by atoms with E-state index in [0.29, 0.717) is 23.0 Å². The summed E-state index contributed by atoms with van der Waals surface area (Å²) < 4.78 is 5.63. The van der Waals surface area contributed by atoms with Gasteiger partial charge in [-0.2, -0.15) is 12.6 Å². The van der Waals surface area contributed by atoms with Gasteiger partial charge in [0, 0.05) is 12.2 Å². The molecule has 6 amide bonds. The number of cyclic esters (lactones) is 1. The van der Waals surface area contributed by atoms with Gasteiger partial charge in [-0.3, -0.25) is 38.4 Å². The molecule has 0 aliphatic carbocycles. The number of nitrogens with one attached hydrogen (secondary N) is 6. The van der Waals surface area contributed by atoms with Crippen molar-refractivity contribution in [1.29, 1.82) is 0 Å². The van der Waals surface area contributed by atoms with Crippen LogP contribution in [0, 0.1) is 11.8 Å². The minimum atomic E-state index is -1.50. The Kier molecular flexibility index (Phi) is 22.1. The molecule has 1 fully saturated rings. The first-order valence-corrected chi connectivity index (χ1v) is 20.2. The van der Waals surface area contributed by atoms with Crippen LogP contribution in [0.3, 0.4) is 0 Å². The number of aliphatic carboxylic acids is 2. The van der Waals surface area contributed by atoms with E-state index in [-0.39, 0.29) is 30.7 Å². The van der Waals surface area contributed by atoms with Crippen LogP contribution in [0.5, 0.6) is 0 Å². The number of nitrogens with two attached hydrogens (primary N) is 1. The van der Waals surface area contributed by atoms with E-state index >= 15 is 0 Å². The number of carbonyl (C=O) groups is 9. The van der Waals surface area contributed by atoms with Gasteiger partial charge < -0.3 is 52.6 Å². The Bertz CT molecular complexity index is 1480. The Hall–Kier alpha value is -4.28. The summed E-state index contributed by atoms with van der Waals surface area (Å²) in [5, 5.41) is 31.2. The van der Waals surface area contributed by atoms with Gasteiger partial charge >= 0.3 is 17.9 Å². The van der Waals surface area contributed by atoms with Crippen LogP contribution in [0.1, 0.15) is 60.3 Å². The van der Waals surface area contributed by atoms with Gasteiger partial charge in [-0.25, -0.2) is 4.79 Å². The van der Waals surface area contributed by atoms with E-state index in [1.54, 1.807) is 33.8 Å². The van der Waals surface area contributed by atoms with Crippen LogP contribution in [0.25, 0.3) is 0 Å². The lowest BCUT2D eigenvalue weighted by molar-refractivity contribution is -0.153. The van der Waals surface area contributed by atoms with Crippen molar-refractivity contribution in [2.24, 2.45) is 17.6 Å². The zero-order valence-electron chi connectivity index (χ0n) is 31.1. The van der Waals surface area contributed by atoms with E-state index in [2.05, 4.69) is 44.5 Å². The van der Waals surface area contributed by atoms with Crippen molar-refractivity contribution in [3.8, 4) is 0 Å². The highest BCUT2D eigenvalue weighted by Crippen LogP contribution is 2.27. The second-order valence-corrected chi connectivity index (χ2v) is 15.7. The number of carbonyl (C=O) groups excluding carboxylic acids is 7. The summed E-state index contributed by atoms with van der Waals surface area (Å²) in [5.74, 6) is -9.29. The molecule has 1 rings (SSSR count). The van der Waals surface area contributed by atoms with Crippen LogP contribution < -0.4 is 37.6 Å². The monoisotopic (exact) mass is 833 g/mol. The largest absolute Gasteiger partial charge is 0.480 e. The molecule has 19 nitrogen and oxygen atoms in total. The molecule has 1 aliphatic heterocycles. The molecule has 1 saturated heterocycles. The van der Waals surface area contributed by atoms with Gasteiger partial charge in [-0.1, -0.05) is 61.4 Å². The normalized spacial score (nSPS) is 22.3. The van der Waals surface area contributed by atoms with Crippen LogP contribution in [0.2, 0.25) is 0 Å². The number of amides is 6. The summed E-state index contributed by atoms with van der Waals surface area (Å²) in [5.41, 5.74) is 5.17. The number of carboxylic acids is 2. The Balaban J connectivity index is 3.48. The van der Waals surface area contributed by atoms with Gasteiger partial charge in [0.05, 0.1) is 6.42 Å². The summed E-state index contributed by atoms with van der Waals surface area (Å²) in [6, 6.07) is -5.13. The highest BCUT2D eigenvalue weighted by atomic mass is 33.1. The van der Waals surface area contributed by atoms with Crippen molar-refractivity contribution in [3.63, 3.8) is 0 Å². The predicted molar refractivity (Wildman–Crippen MR) is 207 cm³/mol. The fourth-order valence-corrected chi connectivity index (χ4v) is 7.00. The van der Waals surface area contributed by atoms with E-state index in [0.717, 1.165) is 10.8 Å². The van der Waals surface area contributed by atoms with E-state index in [1.165, 1.54) is 19.1 Å². The fraction of sp³-hybridized carbons (Fsp3) is 0.606. The Labute approximate surface area is 332 Å². The van der Waals surface area contributed by atoms with Gasteiger partial charge in [-0.05, 0) is 43.4 Å². The van der Waals surface area contributed by atoms with Gasteiger partial charge in [-0.15, -0.1) is 0 Å². The van der Waals surface area contributed by atoms with Crippen LogP contribution in [-0.4, -0.2) is 117 Å². The molecule has 0 aromatic heterocycles. The van der Waals surface area contributed by atoms with Crippen molar-refractivity contribution in [3.05, 3.63) is 23.9 Å². The van der Waals surface area contributed by atoms with Crippen LogP contribution in [-0.2, 0) is 47.9 Å². The average Bonchev–Trinajstić information content (AvgIpc) is 3.10. The van der Waals surface area contributed by atoms with Crippen LogP contribution >= 0.6 is 34.2 Å². The molecule has 308 valence electrons. The van der Waals surface area contributed by atoms with Crippen molar-refractivity contribution in [1.82, 2.24) is 31.9 Å². The molecule has 0 spiro atoms. The second kappa shape index (κ2) is 25.0. The maximum Gasteiger partial charge on any atom is 0.329 e. The summed E-state index contributed by atoms with van der Waals surface area (Å²) in [6.45, 7) is 7.27. The molecule has 0 radical (unpaired) electrons. The third-order valence-corrected chi connectivity index (χ3v) is 10.3. The smallest absolute Gasteiger partial charge is 0.329 e. The summed E-state index contributed by atoms with van der Waals surface area (Å²) >= 11 is 4.16. The minimum absolute atomic E-state index is 0.262. The molecule has 6 unspecified atom stereocenters. The molecular formula is C33H51N7O12S3. The topological polar surface area (TPSA) is 302 Å². The molecule has 1 aliphatic rings. The number of allylic oxidation sites excluding steroid dienone is 2. The number of esters is 1. The molecule has 55 heavy (non-hydrogen) atoms. The molecule has 0 aromatic rings. The standard InChI is InChI=1S/C33H51N7O12S3/c1-6-20-28(46)39-26(17(4)5)33(51)52-18(9-7-8-12-53)13-23(42)38-25(16(2)3)29(47)40-31(30(48)37-20)55-54-15-21(27(45)35-14-24(43)44)36-22(41)11-10-19(34)32(49)50/h6-7,9,16-19,21,25-26,31,53H,8,10-15,34H2,1-5H3,(H,35,45)(H,36,41)(H,37,48)(H,38,42)(H,39,46)(H,40,47)(H,43,44)(H,49,50). The number of ether oxygens (including phenoxy) is 1. The van der Waals surface area contributed by atoms with Crippen molar-refractivity contribution in [2.45, 2.75) is 95.9 Å². The van der Waals surface area contributed by atoms with Crippen LogP contribution in [0.4, 0.5) is 0 Å². The highest BCUT2D eigenvalue weighted by molar-refractivity contribution is 8.77. The molecule has 10 N–H and O–H groups in total. The highest BCUT2D eigenvalue weighted by Gasteiger charge is 2.34. The van der Waals surface area contributed by atoms with Crippen molar-refractivity contribution in [2.75, 3.05) is 18.1 Å². The molecule has 1 heterocycles. The van der Waals surface area contributed by atoms with Crippen molar-refractivity contribution < 1.29 is 58.1 Å². The zero-order valence-corrected chi connectivity index (χ0v) is 33.6. The number of rotatable bonds is 17. The maximum atomic E-state index is 13.7. The summed E-state index contributed by atoms with van der Waals surface area (Å²) in [7, 11) is 1.52. The van der Waals surface area contributed by atoms with Gasteiger partial charge in [0.25, 0.3) is 11.8 Å². The fourth-order valence-electron chi connectivity index (χ4n) is 4.49. The first kappa shape index (κ1) is 48.7. The number of carboxylic acid groups (broad SMARTS) is 2. The lowest BCUT2D eigenvalue weighted by Crippen LogP contribution is -2.55. The molecule has 22 heteroatoms. The Morgan fingerprint density at radius 3 is 2.22 bits per heavy atom. The summed E-state index contributed by atoms with van der Waals surface area (Å²) in [4.78, 5) is 115. The molecular weight excluding hydrogens is 783 g/mol. The molecule has 0 saturated carbocycles. The number of thiol groups is 1. The first-order valence-electron chi connectivity index (χ1n) is 17.2. The predicted octanol–water partition coefficient (Wildman–Crippen LogP) is -0.819. The van der Waals surface area contributed by atoms with E-state index in [1.807, 2.05) is 0 Å². The third kappa shape index (κ3) is 18.3. The average molecular weight is 834 g/mol. The van der Waals surface area contributed by atoms with E-state index in [9.17, 15) is 43.2 Å². The quantitative estimate of drug-likeness (QED) is 0.0282. The first-order chi connectivity index (χ1) is 25.8. The lowest BCUT2D eigenvalue weighted by Gasteiger charge is -2.27. The maximum absolute atomic E-state index is 13.7. The van der Waals surface area contributed by atoms with Gasteiger partial charge in [0.15, 0.2) is 5.37 Å². The lowest BCUT2D eigenvalue weighted by atomic mass is 10.0. The molecule has 0 bridgehead atoms.